The zero-order valence-corrected chi connectivity index (χ0v) is 9.68. The fraction of sp³-hybridized carbons (Fsp3) is 0.0909. The molecule has 16 heavy (non-hydrogen) atoms. The normalized spacial score (nSPS) is 10.4. The summed E-state index contributed by atoms with van der Waals surface area (Å²) < 4.78 is 0. The number of nitrogens with zero attached hydrogens (tertiary/aromatic N) is 2. The molecule has 0 saturated heterocycles. The molecule has 0 saturated carbocycles. The molecule has 0 bridgehead atoms. The van der Waals surface area contributed by atoms with E-state index in [1.807, 2.05) is 12.1 Å². The van der Waals surface area contributed by atoms with Crippen LogP contribution in [0.3, 0.4) is 0 Å². The summed E-state index contributed by atoms with van der Waals surface area (Å²) in [5.41, 5.74) is 2.67. The number of hydrogen-bond acceptors (Lipinski definition) is 3. The lowest BCUT2D eigenvalue weighted by Gasteiger charge is -2.05. The molecule has 0 heterocycles. The number of halogens is 2. The van der Waals surface area contributed by atoms with Crippen molar-refractivity contribution >= 4 is 28.9 Å². The van der Waals surface area contributed by atoms with E-state index in [2.05, 4.69) is 5.32 Å². The monoisotopic (exact) mass is 251 g/mol. The van der Waals surface area contributed by atoms with Gasteiger partial charge in [-0.15, -0.1) is 0 Å². The molecule has 0 fully saturated rings. The Morgan fingerprint density at radius 1 is 1.31 bits per heavy atom. The van der Waals surface area contributed by atoms with E-state index in [0.29, 0.717) is 28.4 Å². The Hall–Kier alpha value is -1.68. The third-order valence-corrected chi connectivity index (χ3v) is 2.46. The largest absolute Gasteiger partial charge is 0.380 e. The lowest BCUT2D eigenvalue weighted by molar-refractivity contribution is 1.30. The van der Waals surface area contributed by atoms with Crippen molar-refractivity contribution in [2.75, 3.05) is 11.9 Å². The first-order valence-electron chi connectivity index (χ1n) is 4.34. The molecular weight excluding hydrogens is 245 g/mol. The molecular formula is C11H7Cl2N3. The first-order chi connectivity index (χ1) is 7.71. The number of nitrogens with one attached hydrogen (secondary N) is 1. The Morgan fingerprint density at radius 3 is 2.56 bits per heavy atom. The Bertz CT molecular complexity index is 495. The molecule has 0 aliphatic heterocycles. The van der Waals surface area contributed by atoms with Crippen LogP contribution in [0, 0.1) is 22.7 Å². The second-order valence-corrected chi connectivity index (χ2v) is 3.60. The molecule has 0 radical (unpaired) electrons. The fourth-order valence-corrected chi connectivity index (χ4v) is 1.21. The van der Waals surface area contributed by atoms with Crippen LogP contribution in [0.1, 0.15) is 11.1 Å². The minimum Gasteiger partial charge on any atom is -0.380 e. The summed E-state index contributed by atoms with van der Waals surface area (Å²) in [5.74, 6) is 0. The van der Waals surface area contributed by atoms with Gasteiger partial charge in [0.15, 0.2) is 0 Å². The van der Waals surface area contributed by atoms with Crippen LogP contribution in [0.5, 0.6) is 0 Å². The molecule has 0 aliphatic rings. The predicted molar refractivity (Wildman–Crippen MR) is 64.2 cm³/mol. The lowest BCUT2D eigenvalue weighted by Crippen LogP contribution is -2.01. The summed E-state index contributed by atoms with van der Waals surface area (Å²) >= 11 is 11.1. The van der Waals surface area contributed by atoms with Crippen molar-refractivity contribution in [2.24, 2.45) is 0 Å². The maximum Gasteiger partial charge on any atom is 0.101 e. The third-order valence-electron chi connectivity index (χ3n) is 1.84. The molecule has 0 aromatic heterocycles. The van der Waals surface area contributed by atoms with E-state index in [1.54, 1.807) is 18.2 Å². The van der Waals surface area contributed by atoms with Crippen molar-refractivity contribution in [3.63, 3.8) is 0 Å². The van der Waals surface area contributed by atoms with E-state index in [-0.39, 0.29) is 0 Å². The first kappa shape index (κ1) is 12.4. The van der Waals surface area contributed by atoms with E-state index in [9.17, 15) is 0 Å². The maximum absolute atomic E-state index is 8.81. The van der Waals surface area contributed by atoms with Crippen LogP contribution in [0.4, 0.5) is 5.69 Å². The van der Waals surface area contributed by atoms with Crippen LogP contribution in [-0.4, -0.2) is 6.54 Å². The molecule has 1 rings (SSSR count). The summed E-state index contributed by atoms with van der Waals surface area (Å²) in [7, 11) is 0. The van der Waals surface area contributed by atoms with E-state index in [4.69, 9.17) is 33.7 Å². The Balaban J connectivity index is 2.86. The predicted octanol–water partition coefficient (Wildman–Crippen LogP) is 3.16. The molecule has 0 amide bonds. The molecule has 0 spiro atoms. The average Bonchev–Trinajstić information content (AvgIpc) is 2.35. The van der Waals surface area contributed by atoms with Gasteiger partial charge in [-0.1, -0.05) is 23.2 Å². The topological polar surface area (TPSA) is 59.6 Å². The van der Waals surface area contributed by atoms with Crippen molar-refractivity contribution in [1.82, 2.24) is 0 Å². The summed E-state index contributed by atoms with van der Waals surface area (Å²) in [6, 6.07) is 8.78. The van der Waals surface area contributed by atoms with Crippen molar-refractivity contribution in [3.05, 3.63) is 39.9 Å². The van der Waals surface area contributed by atoms with Crippen LogP contribution in [0.2, 0.25) is 0 Å². The Morgan fingerprint density at radius 2 is 2.00 bits per heavy atom. The van der Waals surface area contributed by atoms with Gasteiger partial charge in [0.05, 0.1) is 17.7 Å². The van der Waals surface area contributed by atoms with E-state index in [0.717, 1.165) is 0 Å². The van der Waals surface area contributed by atoms with Gasteiger partial charge in [0.2, 0.25) is 0 Å². The minimum atomic E-state index is 0.332. The highest BCUT2D eigenvalue weighted by Gasteiger charge is 2.02. The van der Waals surface area contributed by atoms with Gasteiger partial charge >= 0.3 is 0 Å². The second kappa shape index (κ2) is 6.02. The van der Waals surface area contributed by atoms with E-state index < -0.39 is 0 Å². The van der Waals surface area contributed by atoms with Gasteiger partial charge in [-0.25, -0.2) is 0 Å². The van der Waals surface area contributed by atoms with Gasteiger partial charge in [-0.2, -0.15) is 10.5 Å². The SMILES string of the molecule is N#Cc1ccc(NC/C(Cl)=C\Cl)cc1C#N. The highest BCUT2D eigenvalue weighted by atomic mass is 35.5. The number of anilines is 1. The fourth-order valence-electron chi connectivity index (χ4n) is 1.07. The van der Waals surface area contributed by atoms with Crippen molar-refractivity contribution in [1.29, 1.82) is 10.5 Å². The minimum absolute atomic E-state index is 0.332. The van der Waals surface area contributed by atoms with Crippen molar-refractivity contribution < 1.29 is 0 Å². The van der Waals surface area contributed by atoms with Crippen molar-refractivity contribution in [3.8, 4) is 12.1 Å². The van der Waals surface area contributed by atoms with Gasteiger partial charge in [0.1, 0.15) is 12.1 Å². The van der Waals surface area contributed by atoms with Crippen LogP contribution in [0.15, 0.2) is 28.8 Å². The lowest BCUT2D eigenvalue weighted by atomic mass is 10.1. The van der Waals surface area contributed by atoms with Crippen LogP contribution in [0.25, 0.3) is 0 Å². The molecule has 3 nitrogen and oxygen atoms in total. The van der Waals surface area contributed by atoms with Crippen molar-refractivity contribution in [2.45, 2.75) is 0 Å². The highest BCUT2D eigenvalue weighted by molar-refractivity contribution is 6.36. The molecule has 80 valence electrons. The van der Waals surface area contributed by atoms with Crippen LogP contribution >= 0.6 is 23.2 Å². The summed E-state index contributed by atoms with van der Waals surface area (Å²) in [6.45, 7) is 0.377. The number of hydrogen-bond donors (Lipinski definition) is 1. The number of nitriles is 2. The summed E-state index contributed by atoms with van der Waals surface area (Å²) in [4.78, 5) is 0. The van der Waals surface area contributed by atoms with Gasteiger partial charge in [-0.3, -0.25) is 0 Å². The van der Waals surface area contributed by atoms with Gasteiger partial charge < -0.3 is 5.32 Å². The van der Waals surface area contributed by atoms with Crippen LogP contribution in [-0.2, 0) is 0 Å². The quantitative estimate of drug-likeness (QED) is 0.898. The molecule has 1 aromatic rings. The summed E-state index contributed by atoms with van der Waals surface area (Å²) in [6.07, 6.45) is 0. The third kappa shape index (κ3) is 3.17. The zero-order valence-electron chi connectivity index (χ0n) is 8.17. The van der Waals surface area contributed by atoms with Gasteiger partial charge in [0, 0.05) is 16.3 Å². The molecule has 1 N–H and O–H groups in total. The molecule has 0 unspecified atom stereocenters. The Labute approximate surface area is 104 Å². The standard InChI is InChI=1S/C11H7Cl2N3/c12-4-10(13)7-16-11-2-1-8(5-14)9(3-11)6-15/h1-4,16H,7H2/b10-4+. The maximum atomic E-state index is 8.81. The van der Waals surface area contributed by atoms with E-state index in [1.165, 1.54) is 5.54 Å². The van der Waals surface area contributed by atoms with E-state index >= 15 is 0 Å². The zero-order chi connectivity index (χ0) is 12.0. The van der Waals surface area contributed by atoms with Gasteiger partial charge in [-0.05, 0) is 18.2 Å². The first-order valence-corrected chi connectivity index (χ1v) is 5.15. The van der Waals surface area contributed by atoms with Crippen LogP contribution < -0.4 is 5.32 Å². The smallest absolute Gasteiger partial charge is 0.101 e. The molecule has 0 atom stereocenters. The molecule has 0 aliphatic carbocycles. The summed E-state index contributed by atoms with van der Waals surface area (Å²) in [5, 5.41) is 21.0. The molecule has 5 heteroatoms. The molecule has 1 aromatic carbocycles. The number of rotatable bonds is 3. The highest BCUT2D eigenvalue weighted by Crippen LogP contribution is 2.15. The average molecular weight is 252 g/mol. The number of benzene rings is 1. The Kier molecular flexibility index (Phi) is 4.66. The second-order valence-electron chi connectivity index (χ2n) is 2.89. The van der Waals surface area contributed by atoms with Gasteiger partial charge in [0.25, 0.3) is 0 Å².